The zero-order valence-electron chi connectivity index (χ0n) is 12.0. The predicted octanol–water partition coefficient (Wildman–Crippen LogP) is 2.46. The lowest BCUT2D eigenvalue weighted by atomic mass is 9.98. The van der Waals surface area contributed by atoms with Gasteiger partial charge in [0.05, 0.1) is 16.0 Å². The molecule has 1 aliphatic rings. The van der Waals surface area contributed by atoms with Crippen molar-refractivity contribution in [1.29, 1.82) is 5.26 Å². The first-order valence-corrected chi connectivity index (χ1v) is 9.05. The summed E-state index contributed by atoms with van der Waals surface area (Å²) >= 11 is 11.9. The van der Waals surface area contributed by atoms with E-state index in [0.29, 0.717) is 12.8 Å². The molecule has 1 heterocycles. The van der Waals surface area contributed by atoms with Crippen LogP contribution in [0.25, 0.3) is 0 Å². The number of halogens is 2. The third-order valence-electron chi connectivity index (χ3n) is 3.58. The Balaban J connectivity index is 2.10. The maximum absolute atomic E-state index is 12.7. The van der Waals surface area contributed by atoms with Crippen LogP contribution >= 0.6 is 23.2 Å². The van der Waals surface area contributed by atoms with E-state index in [4.69, 9.17) is 33.2 Å². The maximum atomic E-state index is 12.7. The summed E-state index contributed by atoms with van der Waals surface area (Å²) in [6.07, 6.45) is 0.650. The normalized spacial score (nSPS) is 16.7. The molecular weight excluding hydrogens is 363 g/mol. The summed E-state index contributed by atoms with van der Waals surface area (Å²) in [7, 11) is -3.82. The second kappa shape index (κ2) is 7.49. The summed E-state index contributed by atoms with van der Waals surface area (Å²) in [4.78, 5) is 11.6. The predicted molar refractivity (Wildman–Crippen MR) is 84.5 cm³/mol. The standard InChI is InChI=1S/C14H14Cl2N2O4S/c15-11-2-1-3-12(16)13(11)23(20,21)18-7-4-10(5-8-18)14(19)22-9-6-17/h1-3,10H,4-5,7-9H2. The molecule has 1 saturated heterocycles. The highest BCUT2D eigenvalue weighted by Gasteiger charge is 2.34. The van der Waals surface area contributed by atoms with E-state index in [1.807, 2.05) is 0 Å². The summed E-state index contributed by atoms with van der Waals surface area (Å²) in [5, 5.41) is 8.53. The largest absolute Gasteiger partial charge is 0.450 e. The Morgan fingerprint density at radius 3 is 2.39 bits per heavy atom. The third-order valence-corrected chi connectivity index (χ3v) is 6.44. The summed E-state index contributed by atoms with van der Waals surface area (Å²) in [6.45, 7) is 0.0268. The van der Waals surface area contributed by atoms with Gasteiger partial charge in [0.2, 0.25) is 10.0 Å². The van der Waals surface area contributed by atoms with Crippen LogP contribution in [0.2, 0.25) is 10.0 Å². The van der Waals surface area contributed by atoms with E-state index in [2.05, 4.69) is 0 Å². The van der Waals surface area contributed by atoms with Crippen LogP contribution in [0, 0.1) is 17.2 Å². The monoisotopic (exact) mass is 376 g/mol. The Morgan fingerprint density at radius 2 is 1.87 bits per heavy atom. The van der Waals surface area contributed by atoms with Crippen LogP contribution in [0.3, 0.4) is 0 Å². The van der Waals surface area contributed by atoms with E-state index < -0.39 is 21.9 Å². The quantitative estimate of drug-likeness (QED) is 0.753. The van der Waals surface area contributed by atoms with Crippen LogP contribution in [-0.2, 0) is 19.6 Å². The number of carbonyl (C=O) groups is 1. The smallest absolute Gasteiger partial charge is 0.310 e. The number of hydrogen-bond acceptors (Lipinski definition) is 5. The Labute approximate surface area is 144 Å². The second-order valence-corrected chi connectivity index (χ2v) is 7.68. The molecule has 0 atom stereocenters. The topological polar surface area (TPSA) is 87.5 Å². The highest BCUT2D eigenvalue weighted by molar-refractivity contribution is 7.89. The van der Waals surface area contributed by atoms with E-state index in [0.717, 1.165) is 0 Å². The van der Waals surface area contributed by atoms with Crippen molar-refractivity contribution in [2.24, 2.45) is 5.92 Å². The molecule has 1 fully saturated rings. The minimum atomic E-state index is -3.82. The molecule has 0 spiro atoms. The maximum Gasteiger partial charge on any atom is 0.310 e. The van der Waals surface area contributed by atoms with Gasteiger partial charge in [0.15, 0.2) is 6.61 Å². The minimum Gasteiger partial charge on any atom is -0.450 e. The van der Waals surface area contributed by atoms with Gasteiger partial charge in [-0.1, -0.05) is 29.3 Å². The fourth-order valence-corrected chi connectivity index (χ4v) is 4.97. The minimum absolute atomic E-state index is 0.0630. The van der Waals surface area contributed by atoms with Crippen molar-refractivity contribution in [3.05, 3.63) is 28.2 Å². The first-order chi connectivity index (χ1) is 10.9. The molecule has 0 bridgehead atoms. The number of rotatable bonds is 4. The average molecular weight is 377 g/mol. The lowest BCUT2D eigenvalue weighted by molar-refractivity contribution is -0.148. The van der Waals surface area contributed by atoms with E-state index in [-0.39, 0.29) is 34.6 Å². The number of nitrogens with zero attached hydrogens (tertiary/aromatic N) is 2. The average Bonchev–Trinajstić information content (AvgIpc) is 2.52. The van der Waals surface area contributed by atoms with Gasteiger partial charge in [0.25, 0.3) is 0 Å². The zero-order chi connectivity index (χ0) is 17.0. The van der Waals surface area contributed by atoms with Crippen molar-refractivity contribution in [3.8, 4) is 6.07 Å². The van der Waals surface area contributed by atoms with Gasteiger partial charge in [0, 0.05) is 13.1 Å². The fourth-order valence-electron chi connectivity index (χ4n) is 2.41. The number of ether oxygens (including phenoxy) is 1. The van der Waals surface area contributed by atoms with Crippen molar-refractivity contribution in [1.82, 2.24) is 4.31 Å². The SMILES string of the molecule is N#CCOC(=O)C1CCN(S(=O)(=O)c2c(Cl)cccc2Cl)CC1. The van der Waals surface area contributed by atoms with Gasteiger partial charge in [-0.2, -0.15) is 9.57 Å². The molecule has 124 valence electrons. The molecule has 0 aromatic heterocycles. The summed E-state index contributed by atoms with van der Waals surface area (Å²) in [6, 6.07) is 6.23. The number of hydrogen-bond donors (Lipinski definition) is 0. The number of nitriles is 1. The fraction of sp³-hybridized carbons (Fsp3) is 0.429. The molecule has 1 aromatic carbocycles. The Hall–Kier alpha value is -1.33. The molecule has 0 saturated carbocycles. The highest BCUT2D eigenvalue weighted by Crippen LogP contribution is 2.33. The highest BCUT2D eigenvalue weighted by atomic mass is 35.5. The van der Waals surface area contributed by atoms with Gasteiger partial charge in [-0.05, 0) is 25.0 Å². The summed E-state index contributed by atoms with van der Waals surface area (Å²) in [5.74, 6) is -0.879. The van der Waals surface area contributed by atoms with Crippen molar-refractivity contribution < 1.29 is 17.9 Å². The number of carbonyl (C=O) groups excluding carboxylic acids is 1. The van der Waals surface area contributed by atoms with Gasteiger partial charge in [-0.3, -0.25) is 4.79 Å². The molecule has 23 heavy (non-hydrogen) atoms. The van der Waals surface area contributed by atoms with Gasteiger partial charge >= 0.3 is 5.97 Å². The Morgan fingerprint density at radius 1 is 1.30 bits per heavy atom. The van der Waals surface area contributed by atoms with Crippen LogP contribution < -0.4 is 0 Å². The lowest BCUT2D eigenvalue weighted by Gasteiger charge is -2.30. The van der Waals surface area contributed by atoms with Crippen LogP contribution in [0.4, 0.5) is 0 Å². The van der Waals surface area contributed by atoms with Gasteiger partial charge < -0.3 is 4.74 Å². The van der Waals surface area contributed by atoms with Crippen molar-refractivity contribution in [2.75, 3.05) is 19.7 Å². The lowest BCUT2D eigenvalue weighted by Crippen LogP contribution is -2.40. The van der Waals surface area contributed by atoms with Gasteiger partial charge in [0.1, 0.15) is 11.0 Å². The molecule has 0 N–H and O–H groups in total. The Bertz CT molecular complexity index is 717. The second-order valence-electron chi connectivity index (χ2n) is 4.99. The van der Waals surface area contributed by atoms with Crippen molar-refractivity contribution >= 4 is 39.2 Å². The number of piperidine rings is 1. The van der Waals surface area contributed by atoms with Crippen LogP contribution in [0.5, 0.6) is 0 Å². The third kappa shape index (κ3) is 3.96. The molecule has 2 rings (SSSR count). The van der Waals surface area contributed by atoms with E-state index >= 15 is 0 Å². The van der Waals surface area contributed by atoms with Gasteiger partial charge in [-0.15, -0.1) is 0 Å². The number of sulfonamides is 1. The van der Waals surface area contributed by atoms with Gasteiger partial charge in [-0.25, -0.2) is 8.42 Å². The van der Waals surface area contributed by atoms with Crippen LogP contribution in [-0.4, -0.2) is 38.4 Å². The van der Waals surface area contributed by atoms with E-state index in [9.17, 15) is 13.2 Å². The molecule has 9 heteroatoms. The molecule has 0 amide bonds. The molecule has 1 aliphatic heterocycles. The van der Waals surface area contributed by atoms with E-state index in [1.54, 1.807) is 12.1 Å². The van der Waals surface area contributed by atoms with Crippen LogP contribution in [0.15, 0.2) is 23.1 Å². The first-order valence-electron chi connectivity index (χ1n) is 6.85. The number of benzene rings is 1. The molecule has 0 aliphatic carbocycles. The Kier molecular flexibility index (Phi) is 5.87. The summed E-state index contributed by atoms with van der Waals surface area (Å²) in [5.41, 5.74) is 0. The summed E-state index contributed by atoms with van der Waals surface area (Å²) < 4.78 is 31.4. The molecule has 6 nitrogen and oxygen atoms in total. The number of esters is 1. The van der Waals surface area contributed by atoms with Crippen molar-refractivity contribution in [2.45, 2.75) is 17.7 Å². The molecule has 0 unspecified atom stereocenters. The molecule has 1 aromatic rings. The zero-order valence-corrected chi connectivity index (χ0v) is 14.4. The van der Waals surface area contributed by atoms with Crippen LogP contribution in [0.1, 0.15) is 12.8 Å². The van der Waals surface area contributed by atoms with Crippen molar-refractivity contribution in [3.63, 3.8) is 0 Å². The molecular formula is C14H14Cl2N2O4S. The first kappa shape index (κ1) is 18.0. The molecule has 0 radical (unpaired) electrons. The van der Waals surface area contributed by atoms with E-state index in [1.165, 1.54) is 16.4 Å².